The van der Waals surface area contributed by atoms with Crippen molar-refractivity contribution in [2.75, 3.05) is 26.8 Å². The molecule has 0 bridgehead atoms. The predicted octanol–water partition coefficient (Wildman–Crippen LogP) is 1.83. The first-order valence-corrected chi connectivity index (χ1v) is 9.56. The zero-order chi connectivity index (χ0) is 20.7. The Labute approximate surface area is 170 Å². The summed E-state index contributed by atoms with van der Waals surface area (Å²) in [5.41, 5.74) is 0.358. The Morgan fingerprint density at radius 2 is 1.72 bits per heavy atom. The average molecular weight is 395 g/mol. The van der Waals surface area contributed by atoms with Crippen LogP contribution in [0.5, 0.6) is 0 Å². The molecule has 0 aromatic heterocycles. The molecule has 7 nitrogen and oxygen atoms in total. The van der Waals surface area contributed by atoms with Gasteiger partial charge in [0.15, 0.2) is 5.54 Å². The van der Waals surface area contributed by atoms with Gasteiger partial charge in [0.05, 0.1) is 0 Å². The summed E-state index contributed by atoms with van der Waals surface area (Å²) in [7, 11) is 1.59. The molecule has 0 unspecified atom stereocenters. The fourth-order valence-corrected chi connectivity index (χ4v) is 3.46. The molecule has 2 aromatic rings. The Morgan fingerprint density at radius 1 is 1.07 bits per heavy atom. The molecule has 0 aliphatic carbocycles. The highest BCUT2D eigenvalue weighted by Gasteiger charge is 2.52. The second-order valence-corrected chi connectivity index (χ2v) is 6.95. The number of nitrogens with zero attached hydrogens (tertiary/aromatic N) is 1. The maximum atomic E-state index is 13.4. The van der Waals surface area contributed by atoms with Gasteiger partial charge in [-0.15, -0.1) is 0 Å². The number of carbonyl (C=O) groups excluding carboxylic acids is 3. The van der Waals surface area contributed by atoms with Crippen LogP contribution in [0.1, 0.15) is 17.5 Å². The Bertz CT molecular complexity index is 857. The Morgan fingerprint density at radius 3 is 2.38 bits per heavy atom. The van der Waals surface area contributed by atoms with Crippen LogP contribution in [-0.4, -0.2) is 49.6 Å². The number of methoxy groups -OCH3 is 1. The van der Waals surface area contributed by atoms with Crippen molar-refractivity contribution >= 4 is 17.8 Å². The number of imide groups is 1. The van der Waals surface area contributed by atoms with Gasteiger partial charge < -0.3 is 15.4 Å². The summed E-state index contributed by atoms with van der Waals surface area (Å²) >= 11 is 0. The topological polar surface area (TPSA) is 87.7 Å². The highest BCUT2D eigenvalue weighted by atomic mass is 16.5. The predicted molar refractivity (Wildman–Crippen MR) is 108 cm³/mol. The first-order chi connectivity index (χ1) is 14.1. The molecular formula is C22H25N3O4. The van der Waals surface area contributed by atoms with Crippen LogP contribution in [0.2, 0.25) is 0 Å². The van der Waals surface area contributed by atoms with E-state index in [1.165, 1.54) is 0 Å². The summed E-state index contributed by atoms with van der Waals surface area (Å²) in [5.74, 6) is -0.808. The zero-order valence-electron chi connectivity index (χ0n) is 16.4. The summed E-state index contributed by atoms with van der Waals surface area (Å²) in [4.78, 5) is 39.3. The lowest BCUT2D eigenvalue weighted by Crippen LogP contribution is -2.47. The third kappa shape index (κ3) is 4.63. The van der Waals surface area contributed by atoms with Crippen molar-refractivity contribution in [2.45, 2.75) is 18.4 Å². The summed E-state index contributed by atoms with van der Waals surface area (Å²) in [6, 6.07) is 18.1. The van der Waals surface area contributed by atoms with E-state index in [1.807, 2.05) is 60.7 Å². The minimum Gasteiger partial charge on any atom is -0.385 e. The molecule has 4 amide bonds. The maximum absolute atomic E-state index is 13.4. The number of urea groups is 1. The molecule has 1 saturated heterocycles. The molecule has 1 heterocycles. The molecule has 2 N–H and O–H groups in total. The van der Waals surface area contributed by atoms with Gasteiger partial charge in [-0.05, 0) is 17.5 Å². The highest BCUT2D eigenvalue weighted by Crippen LogP contribution is 2.32. The van der Waals surface area contributed by atoms with E-state index in [4.69, 9.17) is 4.74 Å². The number of amides is 4. The monoisotopic (exact) mass is 395 g/mol. The number of hydrogen-bond acceptors (Lipinski definition) is 4. The zero-order valence-corrected chi connectivity index (χ0v) is 16.4. The SMILES string of the molecule is COCCCNC(=O)CN1C(=O)N[C@](Cc2ccccc2)(c2ccccc2)C1=O. The number of ether oxygens (including phenoxy) is 1. The molecule has 2 aromatic carbocycles. The quantitative estimate of drug-likeness (QED) is 0.501. The van der Waals surface area contributed by atoms with Crippen molar-refractivity contribution in [3.8, 4) is 0 Å². The number of carbonyl (C=O) groups is 3. The summed E-state index contributed by atoms with van der Waals surface area (Å²) in [6.45, 7) is 0.628. The molecule has 0 spiro atoms. The lowest BCUT2D eigenvalue weighted by Gasteiger charge is -2.27. The van der Waals surface area contributed by atoms with E-state index < -0.39 is 17.5 Å². The molecule has 1 aliphatic rings. The third-order valence-corrected chi connectivity index (χ3v) is 4.90. The van der Waals surface area contributed by atoms with E-state index in [9.17, 15) is 14.4 Å². The number of rotatable bonds is 9. The van der Waals surface area contributed by atoms with Crippen LogP contribution in [0.3, 0.4) is 0 Å². The van der Waals surface area contributed by atoms with E-state index >= 15 is 0 Å². The number of nitrogens with one attached hydrogen (secondary N) is 2. The Kier molecular flexibility index (Phi) is 6.61. The molecule has 0 radical (unpaired) electrons. The molecule has 152 valence electrons. The third-order valence-electron chi connectivity index (χ3n) is 4.90. The molecule has 3 rings (SSSR count). The van der Waals surface area contributed by atoms with Crippen LogP contribution in [-0.2, 0) is 26.3 Å². The van der Waals surface area contributed by atoms with Crippen molar-refractivity contribution in [3.05, 3.63) is 71.8 Å². The van der Waals surface area contributed by atoms with Gasteiger partial charge in [0, 0.05) is 26.7 Å². The summed E-state index contributed by atoms with van der Waals surface area (Å²) in [6.07, 6.45) is 0.957. The van der Waals surface area contributed by atoms with Crippen LogP contribution in [0, 0.1) is 0 Å². The molecule has 29 heavy (non-hydrogen) atoms. The van der Waals surface area contributed by atoms with Crippen molar-refractivity contribution in [1.29, 1.82) is 0 Å². The second-order valence-electron chi connectivity index (χ2n) is 6.95. The van der Waals surface area contributed by atoms with Crippen LogP contribution in [0.15, 0.2) is 60.7 Å². The minimum absolute atomic E-state index is 0.300. The van der Waals surface area contributed by atoms with Crippen molar-refractivity contribution in [3.63, 3.8) is 0 Å². The fraction of sp³-hybridized carbons (Fsp3) is 0.318. The summed E-state index contributed by atoms with van der Waals surface area (Å²) in [5, 5.41) is 5.56. The van der Waals surface area contributed by atoms with Crippen LogP contribution in [0.25, 0.3) is 0 Å². The maximum Gasteiger partial charge on any atom is 0.325 e. The number of benzene rings is 2. The smallest absolute Gasteiger partial charge is 0.325 e. The van der Waals surface area contributed by atoms with Crippen LogP contribution < -0.4 is 10.6 Å². The average Bonchev–Trinajstić information content (AvgIpc) is 2.97. The largest absolute Gasteiger partial charge is 0.385 e. The van der Waals surface area contributed by atoms with Crippen molar-refractivity contribution in [1.82, 2.24) is 15.5 Å². The van der Waals surface area contributed by atoms with Gasteiger partial charge in [-0.3, -0.25) is 14.5 Å². The normalized spacial score (nSPS) is 18.6. The van der Waals surface area contributed by atoms with Crippen molar-refractivity contribution in [2.24, 2.45) is 0 Å². The van der Waals surface area contributed by atoms with E-state index in [2.05, 4.69) is 10.6 Å². The Hall–Kier alpha value is -3.19. The van der Waals surface area contributed by atoms with Gasteiger partial charge in [0.2, 0.25) is 5.91 Å². The lowest BCUT2D eigenvalue weighted by atomic mass is 9.83. The van der Waals surface area contributed by atoms with Gasteiger partial charge in [-0.1, -0.05) is 60.7 Å². The minimum atomic E-state index is -1.24. The second kappa shape index (κ2) is 9.34. The standard InChI is InChI=1S/C22H25N3O4/c1-29-14-8-13-23-19(26)16-25-20(27)22(24-21(25)28,18-11-6-3-7-12-18)15-17-9-4-2-5-10-17/h2-7,9-12H,8,13-16H2,1H3,(H,23,26)(H,24,28)/t22-/m1/s1. The lowest BCUT2D eigenvalue weighted by molar-refractivity contribution is -0.135. The van der Waals surface area contributed by atoms with E-state index in [-0.39, 0.29) is 12.5 Å². The summed E-state index contributed by atoms with van der Waals surface area (Å²) < 4.78 is 4.94. The van der Waals surface area contributed by atoms with Crippen LogP contribution in [0.4, 0.5) is 4.79 Å². The molecule has 1 aliphatic heterocycles. The van der Waals surface area contributed by atoms with E-state index in [1.54, 1.807) is 7.11 Å². The molecule has 0 saturated carbocycles. The van der Waals surface area contributed by atoms with Crippen LogP contribution >= 0.6 is 0 Å². The fourth-order valence-electron chi connectivity index (χ4n) is 3.46. The first kappa shape index (κ1) is 20.5. The number of hydrogen-bond donors (Lipinski definition) is 2. The van der Waals surface area contributed by atoms with Gasteiger partial charge in [-0.2, -0.15) is 0 Å². The first-order valence-electron chi connectivity index (χ1n) is 9.56. The highest BCUT2D eigenvalue weighted by molar-refractivity contribution is 6.09. The van der Waals surface area contributed by atoms with Gasteiger partial charge in [0.25, 0.3) is 5.91 Å². The Balaban J connectivity index is 1.82. The molecule has 7 heteroatoms. The molecule has 1 atom stereocenters. The van der Waals surface area contributed by atoms with Gasteiger partial charge >= 0.3 is 6.03 Å². The van der Waals surface area contributed by atoms with Gasteiger partial charge in [0.1, 0.15) is 6.54 Å². The van der Waals surface area contributed by atoms with Gasteiger partial charge in [-0.25, -0.2) is 4.79 Å². The molecule has 1 fully saturated rings. The van der Waals surface area contributed by atoms with Crippen molar-refractivity contribution < 1.29 is 19.1 Å². The van der Waals surface area contributed by atoms with E-state index in [0.717, 1.165) is 10.5 Å². The molecular weight excluding hydrogens is 370 g/mol. The van der Waals surface area contributed by atoms with E-state index in [0.29, 0.717) is 31.6 Å².